The van der Waals surface area contributed by atoms with E-state index >= 15 is 0 Å². The molecule has 4 N–H and O–H groups in total. The molecule has 0 fully saturated rings. The molecular weight excluding hydrogens is 266 g/mol. The number of nitrogens with two attached hydrogens (primary N) is 1. The molecule has 0 radical (unpaired) electrons. The molecule has 1 aliphatic heterocycles. The second kappa shape index (κ2) is 6.80. The van der Waals surface area contributed by atoms with Crippen LogP contribution in [0.2, 0.25) is 0 Å². The zero-order chi connectivity index (χ0) is 15.4. The molecular formula is C16H25N3O2. The number of rotatable bonds is 6. The Labute approximate surface area is 126 Å². The van der Waals surface area contributed by atoms with Gasteiger partial charge in [0.25, 0.3) is 0 Å². The lowest BCUT2D eigenvalue weighted by Crippen LogP contribution is -2.31. The lowest BCUT2D eigenvalue weighted by Gasteiger charge is -2.26. The number of anilines is 3. The maximum absolute atomic E-state index is 11.4. The Morgan fingerprint density at radius 2 is 2.14 bits per heavy atom. The summed E-state index contributed by atoms with van der Waals surface area (Å²) in [6.45, 7) is 7.67. The molecule has 0 aromatic heterocycles. The maximum atomic E-state index is 11.4. The van der Waals surface area contributed by atoms with Crippen molar-refractivity contribution in [1.29, 1.82) is 0 Å². The molecule has 1 atom stereocenters. The number of fused-ring (bicyclic) bond motifs is 1. The number of aryl methyl sites for hydroxylation is 1. The van der Waals surface area contributed by atoms with Crippen LogP contribution in [0, 0.1) is 5.92 Å². The summed E-state index contributed by atoms with van der Waals surface area (Å²) in [6, 6.07) is 4.10. The van der Waals surface area contributed by atoms with Crippen molar-refractivity contribution in [2.75, 3.05) is 29.6 Å². The maximum Gasteiger partial charge on any atom is 0.224 e. The minimum atomic E-state index is 0.0546. The van der Waals surface area contributed by atoms with Crippen molar-refractivity contribution in [3.05, 3.63) is 17.7 Å². The average Bonchev–Trinajstić information content (AvgIpc) is 2.43. The van der Waals surface area contributed by atoms with E-state index in [1.807, 2.05) is 19.1 Å². The molecule has 1 aromatic rings. The predicted octanol–water partition coefficient (Wildman–Crippen LogP) is 2.63. The Kier molecular flexibility index (Phi) is 5.07. The summed E-state index contributed by atoms with van der Waals surface area (Å²) in [5.74, 6) is 0.491. The highest BCUT2D eigenvalue weighted by Crippen LogP contribution is 2.31. The second-order valence-electron chi connectivity index (χ2n) is 5.80. The van der Waals surface area contributed by atoms with Crippen LogP contribution in [0.25, 0.3) is 0 Å². The third-order valence-electron chi connectivity index (χ3n) is 3.82. The minimum Gasteiger partial charge on any atom is -0.397 e. The molecule has 0 saturated heterocycles. The zero-order valence-electron chi connectivity index (χ0n) is 13.0. The summed E-state index contributed by atoms with van der Waals surface area (Å²) < 4.78 is 5.54. The van der Waals surface area contributed by atoms with Gasteiger partial charge in [0.1, 0.15) is 0 Å². The van der Waals surface area contributed by atoms with Crippen LogP contribution in [0.4, 0.5) is 17.1 Å². The van der Waals surface area contributed by atoms with E-state index in [-0.39, 0.29) is 11.9 Å². The third kappa shape index (κ3) is 3.88. The summed E-state index contributed by atoms with van der Waals surface area (Å²) in [5.41, 5.74) is 9.65. The van der Waals surface area contributed by atoms with Crippen LogP contribution < -0.4 is 16.4 Å². The van der Waals surface area contributed by atoms with E-state index in [1.54, 1.807) is 0 Å². The molecule has 1 aromatic carbocycles. The number of amides is 1. The molecule has 1 amide bonds. The van der Waals surface area contributed by atoms with Gasteiger partial charge in [-0.25, -0.2) is 0 Å². The fourth-order valence-corrected chi connectivity index (χ4v) is 2.42. The van der Waals surface area contributed by atoms with Gasteiger partial charge in [0, 0.05) is 18.7 Å². The number of hydrogen-bond donors (Lipinski definition) is 3. The van der Waals surface area contributed by atoms with Crippen LogP contribution in [0.1, 0.15) is 32.8 Å². The van der Waals surface area contributed by atoms with Gasteiger partial charge in [-0.2, -0.15) is 0 Å². The quantitative estimate of drug-likeness (QED) is 0.704. The van der Waals surface area contributed by atoms with Gasteiger partial charge in [0.05, 0.1) is 24.0 Å². The number of carbonyl (C=O) groups excluding carboxylic acids is 1. The highest BCUT2D eigenvalue weighted by Gasteiger charge is 2.19. The summed E-state index contributed by atoms with van der Waals surface area (Å²) >= 11 is 0. The zero-order valence-corrected chi connectivity index (χ0v) is 13.0. The van der Waals surface area contributed by atoms with E-state index in [0.717, 1.165) is 23.4 Å². The largest absolute Gasteiger partial charge is 0.397 e. The van der Waals surface area contributed by atoms with Crippen molar-refractivity contribution in [2.45, 2.75) is 39.7 Å². The first kappa shape index (κ1) is 15.6. The minimum absolute atomic E-state index is 0.0546. The standard InChI is InChI=1S/C16H25N3O2/c1-4-21-9-15(10(2)3)18-14-7-11-5-6-16(20)19-13(11)8-12(14)17/h7-8,10,15,18H,4-6,9,17H2,1-3H3,(H,19,20). The highest BCUT2D eigenvalue weighted by atomic mass is 16.5. The number of hydrogen-bond acceptors (Lipinski definition) is 4. The summed E-state index contributed by atoms with van der Waals surface area (Å²) in [5, 5.41) is 6.35. The molecule has 5 heteroatoms. The van der Waals surface area contributed by atoms with Crippen LogP contribution in [0.15, 0.2) is 12.1 Å². The van der Waals surface area contributed by atoms with Crippen molar-refractivity contribution in [2.24, 2.45) is 5.92 Å². The topological polar surface area (TPSA) is 76.4 Å². The van der Waals surface area contributed by atoms with E-state index in [4.69, 9.17) is 10.5 Å². The Bertz CT molecular complexity index is 514. The Balaban J connectivity index is 2.17. The molecule has 2 rings (SSSR count). The molecule has 0 spiro atoms. The number of ether oxygens (including phenoxy) is 1. The number of carbonyl (C=O) groups is 1. The van der Waals surface area contributed by atoms with Crippen molar-refractivity contribution in [1.82, 2.24) is 0 Å². The molecule has 5 nitrogen and oxygen atoms in total. The first-order valence-corrected chi connectivity index (χ1v) is 7.57. The van der Waals surface area contributed by atoms with Crippen LogP contribution in [-0.2, 0) is 16.0 Å². The first-order chi connectivity index (χ1) is 10.0. The predicted molar refractivity (Wildman–Crippen MR) is 86.5 cm³/mol. The first-order valence-electron chi connectivity index (χ1n) is 7.57. The Morgan fingerprint density at radius 1 is 1.38 bits per heavy atom. The van der Waals surface area contributed by atoms with E-state index < -0.39 is 0 Å². The molecule has 116 valence electrons. The lowest BCUT2D eigenvalue weighted by atomic mass is 10.00. The SMILES string of the molecule is CCOCC(Nc1cc2c(cc1N)NC(=O)CC2)C(C)C. The lowest BCUT2D eigenvalue weighted by molar-refractivity contribution is -0.116. The van der Waals surface area contributed by atoms with E-state index in [9.17, 15) is 4.79 Å². The van der Waals surface area contributed by atoms with Gasteiger partial charge in [-0.05, 0) is 37.0 Å². The van der Waals surface area contributed by atoms with Gasteiger partial charge in [-0.1, -0.05) is 13.8 Å². The Morgan fingerprint density at radius 3 is 2.81 bits per heavy atom. The molecule has 1 unspecified atom stereocenters. The van der Waals surface area contributed by atoms with Crippen LogP contribution in [0.3, 0.4) is 0 Å². The fraction of sp³-hybridized carbons (Fsp3) is 0.562. The summed E-state index contributed by atoms with van der Waals surface area (Å²) in [7, 11) is 0. The molecule has 0 aliphatic carbocycles. The van der Waals surface area contributed by atoms with Crippen molar-refractivity contribution in [3.63, 3.8) is 0 Å². The molecule has 1 heterocycles. The average molecular weight is 291 g/mol. The second-order valence-corrected chi connectivity index (χ2v) is 5.80. The van der Waals surface area contributed by atoms with E-state index in [1.165, 1.54) is 0 Å². The van der Waals surface area contributed by atoms with Crippen molar-refractivity contribution >= 4 is 23.0 Å². The van der Waals surface area contributed by atoms with Crippen LogP contribution >= 0.6 is 0 Å². The Hall–Kier alpha value is -1.75. The number of nitrogen functional groups attached to an aromatic ring is 1. The smallest absolute Gasteiger partial charge is 0.224 e. The fourth-order valence-electron chi connectivity index (χ4n) is 2.42. The summed E-state index contributed by atoms with van der Waals surface area (Å²) in [6.07, 6.45) is 1.29. The van der Waals surface area contributed by atoms with E-state index in [0.29, 0.717) is 31.2 Å². The normalized spacial score (nSPS) is 15.5. The van der Waals surface area contributed by atoms with Crippen LogP contribution in [0.5, 0.6) is 0 Å². The van der Waals surface area contributed by atoms with E-state index in [2.05, 4.69) is 24.5 Å². The van der Waals surface area contributed by atoms with Crippen molar-refractivity contribution in [3.8, 4) is 0 Å². The number of benzene rings is 1. The van der Waals surface area contributed by atoms with Gasteiger partial charge in [0.2, 0.25) is 5.91 Å². The monoisotopic (exact) mass is 291 g/mol. The van der Waals surface area contributed by atoms with Gasteiger partial charge in [-0.3, -0.25) is 4.79 Å². The molecule has 0 bridgehead atoms. The third-order valence-corrected chi connectivity index (χ3v) is 3.82. The molecule has 1 aliphatic rings. The number of nitrogens with one attached hydrogen (secondary N) is 2. The molecule has 21 heavy (non-hydrogen) atoms. The van der Waals surface area contributed by atoms with Crippen molar-refractivity contribution < 1.29 is 9.53 Å². The van der Waals surface area contributed by atoms with Crippen LogP contribution in [-0.4, -0.2) is 25.2 Å². The van der Waals surface area contributed by atoms with Gasteiger partial charge < -0.3 is 21.1 Å². The van der Waals surface area contributed by atoms with Gasteiger partial charge in [-0.15, -0.1) is 0 Å². The highest BCUT2D eigenvalue weighted by molar-refractivity contribution is 5.95. The summed E-state index contributed by atoms with van der Waals surface area (Å²) in [4.78, 5) is 11.4. The van der Waals surface area contributed by atoms with Gasteiger partial charge >= 0.3 is 0 Å². The van der Waals surface area contributed by atoms with Gasteiger partial charge in [0.15, 0.2) is 0 Å². The molecule has 0 saturated carbocycles.